The van der Waals surface area contributed by atoms with E-state index < -0.39 is 0 Å². The van der Waals surface area contributed by atoms with Crippen LogP contribution in [0.1, 0.15) is 12.0 Å². The largest absolute Gasteiger partial charge is 0.357 e. The molecule has 0 aliphatic heterocycles. The number of hydrogen-bond donors (Lipinski definition) is 4. The molecule has 1 amide bonds. The van der Waals surface area contributed by atoms with Crippen molar-refractivity contribution in [3.05, 3.63) is 35.9 Å². The molecule has 5 nitrogen and oxygen atoms in total. The summed E-state index contributed by atoms with van der Waals surface area (Å²) in [7, 11) is 4.01. The molecule has 1 aromatic rings. The highest BCUT2D eigenvalue weighted by atomic mass is 32.1. The van der Waals surface area contributed by atoms with Crippen LogP contribution in [0.3, 0.4) is 0 Å². The van der Waals surface area contributed by atoms with Crippen LogP contribution in [0.2, 0.25) is 0 Å². The quantitative estimate of drug-likeness (QED) is 0.422. The maximum atomic E-state index is 11.5. The smallest absolute Gasteiger partial charge is 0.244 e. The topological polar surface area (TPSA) is 57.6 Å². The lowest BCUT2D eigenvalue weighted by molar-refractivity contribution is -0.857. The zero-order chi connectivity index (χ0) is 14.1. The van der Waals surface area contributed by atoms with Gasteiger partial charge in [0.1, 0.15) is 0 Å². The standard InChI is InChI=1S/C13H20N4OS/c1-17(2)9-8-12(18)15-16-13(19)14-10-11-6-4-3-5-7-11/h3-7H,8-10H2,1-2H3,(H,15,18)(H2,14,16,19)/p+1. The van der Waals surface area contributed by atoms with Gasteiger partial charge in [0.25, 0.3) is 0 Å². The lowest BCUT2D eigenvalue weighted by Crippen LogP contribution is -3.05. The number of carbonyl (C=O) groups excluding carboxylic acids is 1. The van der Waals surface area contributed by atoms with E-state index in [0.29, 0.717) is 18.1 Å². The number of quaternary nitrogens is 1. The number of hydrogen-bond acceptors (Lipinski definition) is 2. The van der Waals surface area contributed by atoms with Gasteiger partial charge >= 0.3 is 0 Å². The van der Waals surface area contributed by atoms with Crippen molar-refractivity contribution in [1.82, 2.24) is 16.2 Å². The molecule has 0 saturated heterocycles. The second kappa shape index (κ2) is 8.44. The summed E-state index contributed by atoms with van der Waals surface area (Å²) in [6.45, 7) is 1.42. The van der Waals surface area contributed by atoms with Crippen LogP contribution in [0.5, 0.6) is 0 Å². The van der Waals surface area contributed by atoms with Gasteiger partial charge in [-0.2, -0.15) is 0 Å². The fraction of sp³-hybridized carbons (Fsp3) is 0.385. The Labute approximate surface area is 119 Å². The van der Waals surface area contributed by atoms with Crippen LogP contribution in [0.4, 0.5) is 0 Å². The first-order valence-electron chi connectivity index (χ1n) is 6.23. The van der Waals surface area contributed by atoms with Crippen LogP contribution in [0.25, 0.3) is 0 Å². The minimum Gasteiger partial charge on any atom is -0.357 e. The van der Waals surface area contributed by atoms with E-state index in [0.717, 1.165) is 12.1 Å². The van der Waals surface area contributed by atoms with E-state index >= 15 is 0 Å². The van der Waals surface area contributed by atoms with E-state index in [1.165, 1.54) is 4.90 Å². The summed E-state index contributed by atoms with van der Waals surface area (Å²) in [5, 5.41) is 3.43. The first-order valence-corrected chi connectivity index (χ1v) is 6.64. The van der Waals surface area contributed by atoms with Crippen LogP contribution >= 0.6 is 12.2 Å². The third kappa shape index (κ3) is 7.38. The molecule has 0 fully saturated rings. The van der Waals surface area contributed by atoms with Crippen molar-refractivity contribution in [1.29, 1.82) is 0 Å². The Hall–Kier alpha value is -1.66. The predicted molar refractivity (Wildman–Crippen MR) is 79.5 cm³/mol. The normalized spacial score (nSPS) is 10.1. The van der Waals surface area contributed by atoms with Crippen molar-refractivity contribution in [2.75, 3.05) is 20.6 Å². The molecule has 19 heavy (non-hydrogen) atoms. The fourth-order valence-corrected chi connectivity index (χ4v) is 1.50. The number of carbonyl (C=O) groups is 1. The minimum atomic E-state index is -0.0648. The molecule has 1 aromatic carbocycles. The van der Waals surface area contributed by atoms with Gasteiger partial charge in [-0.15, -0.1) is 0 Å². The molecule has 0 aromatic heterocycles. The van der Waals surface area contributed by atoms with Crippen molar-refractivity contribution in [2.24, 2.45) is 0 Å². The highest BCUT2D eigenvalue weighted by molar-refractivity contribution is 7.80. The molecule has 104 valence electrons. The Morgan fingerprint density at radius 1 is 1.21 bits per heavy atom. The fourth-order valence-electron chi connectivity index (χ4n) is 1.37. The van der Waals surface area contributed by atoms with E-state index in [1.54, 1.807) is 0 Å². The molecule has 0 bridgehead atoms. The zero-order valence-corrected chi connectivity index (χ0v) is 12.1. The number of nitrogens with one attached hydrogen (secondary N) is 4. The number of benzene rings is 1. The molecular weight excluding hydrogens is 260 g/mol. The Balaban J connectivity index is 2.16. The third-order valence-corrected chi connectivity index (χ3v) is 2.71. The number of hydrazine groups is 1. The summed E-state index contributed by atoms with van der Waals surface area (Å²) >= 11 is 5.07. The van der Waals surface area contributed by atoms with Gasteiger partial charge in [0.2, 0.25) is 5.91 Å². The second-order valence-corrected chi connectivity index (χ2v) is 4.96. The zero-order valence-electron chi connectivity index (χ0n) is 11.3. The number of amides is 1. The minimum absolute atomic E-state index is 0.0648. The number of thiocarbonyl (C=S) groups is 1. The third-order valence-electron chi connectivity index (χ3n) is 2.46. The lowest BCUT2D eigenvalue weighted by atomic mass is 10.2. The van der Waals surface area contributed by atoms with Gasteiger partial charge in [0.05, 0.1) is 27.1 Å². The Morgan fingerprint density at radius 3 is 2.53 bits per heavy atom. The second-order valence-electron chi connectivity index (χ2n) is 4.55. The van der Waals surface area contributed by atoms with Crippen molar-refractivity contribution in [3.63, 3.8) is 0 Å². The first-order chi connectivity index (χ1) is 9.08. The van der Waals surface area contributed by atoms with Gasteiger partial charge in [-0.25, -0.2) is 0 Å². The molecule has 0 atom stereocenters. The molecule has 0 aliphatic carbocycles. The number of rotatable bonds is 5. The van der Waals surface area contributed by atoms with Crippen molar-refractivity contribution in [2.45, 2.75) is 13.0 Å². The van der Waals surface area contributed by atoms with Crippen molar-refractivity contribution < 1.29 is 9.69 Å². The highest BCUT2D eigenvalue weighted by Gasteiger charge is 2.04. The predicted octanol–water partition coefficient (Wildman–Crippen LogP) is -0.783. The van der Waals surface area contributed by atoms with Crippen molar-refractivity contribution in [3.8, 4) is 0 Å². The maximum Gasteiger partial charge on any atom is 0.244 e. The van der Waals surface area contributed by atoms with E-state index in [2.05, 4.69) is 16.2 Å². The Morgan fingerprint density at radius 2 is 1.89 bits per heavy atom. The summed E-state index contributed by atoms with van der Waals surface area (Å²) < 4.78 is 0. The molecule has 0 unspecified atom stereocenters. The van der Waals surface area contributed by atoms with Gasteiger partial charge in [-0.3, -0.25) is 15.6 Å². The molecule has 0 radical (unpaired) electrons. The Kier molecular flexibility index (Phi) is 6.84. The highest BCUT2D eigenvalue weighted by Crippen LogP contribution is 1.96. The van der Waals surface area contributed by atoms with Gasteiger partial charge < -0.3 is 10.2 Å². The molecule has 0 aliphatic rings. The lowest BCUT2D eigenvalue weighted by Gasteiger charge is -2.12. The summed E-state index contributed by atoms with van der Waals surface area (Å²) in [4.78, 5) is 12.7. The molecule has 0 spiro atoms. The van der Waals surface area contributed by atoms with Crippen LogP contribution < -0.4 is 21.1 Å². The van der Waals surface area contributed by atoms with Gasteiger partial charge in [-0.05, 0) is 17.8 Å². The average Bonchev–Trinajstić information content (AvgIpc) is 2.41. The average molecular weight is 281 g/mol. The van der Waals surface area contributed by atoms with E-state index in [4.69, 9.17) is 12.2 Å². The van der Waals surface area contributed by atoms with Crippen LogP contribution in [0, 0.1) is 0 Å². The van der Waals surface area contributed by atoms with Gasteiger partial charge in [0.15, 0.2) is 5.11 Å². The summed E-state index contributed by atoms with van der Waals surface area (Å²) in [5.74, 6) is -0.0648. The molecule has 0 saturated carbocycles. The molecular formula is C13H21N4OS+. The van der Waals surface area contributed by atoms with E-state index in [1.807, 2.05) is 44.4 Å². The molecule has 0 heterocycles. The SMILES string of the molecule is C[NH+](C)CCC(=O)NNC(=S)NCc1ccccc1. The van der Waals surface area contributed by atoms with Crippen LogP contribution in [-0.2, 0) is 11.3 Å². The van der Waals surface area contributed by atoms with Crippen LogP contribution in [-0.4, -0.2) is 31.7 Å². The monoisotopic (exact) mass is 281 g/mol. The summed E-state index contributed by atoms with van der Waals surface area (Å²) in [6.07, 6.45) is 0.469. The molecule has 4 N–H and O–H groups in total. The maximum absolute atomic E-state index is 11.5. The Bertz CT molecular complexity index is 408. The van der Waals surface area contributed by atoms with E-state index in [-0.39, 0.29) is 5.91 Å². The van der Waals surface area contributed by atoms with Gasteiger partial charge in [0, 0.05) is 6.54 Å². The van der Waals surface area contributed by atoms with E-state index in [9.17, 15) is 4.79 Å². The summed E-state index contributed by atoms with van der Waals surface area (Å²) in [5.41, 5.74) is 6.39. The van der Waals surface area contributed by atoms with Crippen molar-refractivity contribution >= 4 is 23.2 Å². The van der Waals surface area contributed by atoms with Crippen LogP contribution in [0.15, 0.2) is 30.3 Å². The molecule has 6 heteroatoms. The summed E-state index contributed by atoms with van der Waals surface area (Å²) in [6, 6.07) is 9.92. The van der Waals surface area contributed by atoms with Gasteiger partial charge in [-0.1, -0.05) is 30.3 Å². The molecule has 1 rings (SSSR count). The first kappa shape index (κ1) is 15.4.